The molecule has 22 heavy (non-hydrogen) atoms. The van der Waals surface area contributed by atoms with Crippen molar-refractivity contribution in [1.29, 1.82) is 0 Å². The lowest BCUT2D eigenvalue weighted by Crippen LogP contribution is -2.16. The number of nitrogens with one attached hydrogen (secondary N) is 1. The number of amides is 1. The van der Waals surface area contributed by atoms with Gasteiger partial charge in [-0.3, -0.25) is 10.1 Å². The number of rotatable bonds is 4. The fourth-order valence-corrected chi connectivity index (χ4v) is 1.74. The van der Waals surface area contributed by atoms with Crippen LogP contribution in [0.3, 0.4) is 0 Å². The molecule has 1 aromatic carbocycles. The number of ether oxygens (including phenoxy) is 1. The molecule has 1 N–H and O–H groups in total. The number of nitrogens with zero attached hydrogens (tertiary/aromatic N) is 1. The number of esters is 1. The SMILES string of the molecule is CCOC(=O)c1c(C)noc1NC(=O)c1ccc(F)cc1F. The van der Waals surface area contributed by atoms with Crippen LogP contribution in [0.1, 0.15) is 33.3 Å². The highest BCUT2D eigenvalue weighted by molar-refractivity contribution is 6.07. The summed E-state index contributed by atoms with van der Waals surface area (Å²) >= 11 is 0. The van der Waals surface area contributed by atoms with E-state index in [9.17, 15) is 18.4 Å². The summed E-state index contributed by atoms with van der Waals surface area (Å²) in [5.41, 5.74) is -0.240. The number of carbonyl (C=O) groups excluding carboxylic acids is 2. The van der Waals surface area contributed by atoms with Gasteiger partial charge >= 0.3 is 5.97 Å². The highest BCUT2D eigenvalue weighted by Crippen LogP contribution is 2.21. The maximum atomic E-state index is 13.5. The fraction of sp³-hybridized carbons (Fsp3) is 0.214. The molecule has 0 spiro atoms. The first-order valence-electron chi connectivity index (χ1n) is 6.33. The average molecular weight is 310 g/mol. The minimum atomic E-state index is -1.04. The molecule has 0 unspecified atom stereocenters. The van der Waals surface area contributed by atoms with Crippen molar-refractivity contribution in [3.05, 3.63) is 46.7 Å². The predicted molar refractivity (Wildman–Crippen MR) is 71.5 cm³/mol. The standard InChI is InChI=1S/C14H12F2N2O4/c1-3-21-14(20)11-7(2)18-22-13(11)17-12(19)9-5-4-8(15)6-10(9)16/h4-6H,3H2,1-2H3,(H,17,19). The van der Waals surface area contributed by atoms with Crippen molar-refractivity contribution in [3.63, 3.8) is 0 Å². The number of aryl methyl sites for hydroxylation is 1. The lowest BCUT2D eigenvalue weighted by atomic mass is 10.2. The summed E-state index contributed by atoms with van der Waals surface area (Å²) < 4.78 is 36.0. The molecule has 1 aromatic heterocycles. The summed E-state index contributed by atoms with van der Waals surface area (Å²) in [4.78, 5) is 23.8. The number of hydrogen-bond donors (Lipinski definition) is 1. The van der Waals surface area contributed by atoms with Crippen LogP contribution in [0.25, 0.3) is 0 Å². The molecule has 1 heterocycles. The summed E-state index contributed by atoms with van der Waals surface area (Å²) in [6, 6.07) is 2.50. The molecule has 2 aromatic rings. The van der Waals surface area contributed by atoms with Gasteiger partial charge in [-0.05, 0) is 26.0 Å². The topological polar surface area (TPSA) is 81.4 Å². The lowest BCUT2D eigenvalue weighted by molar-refractivity contribution is 0.0526. The Bertz CT molecular complexity index is 728. The first-order chi connectivity index (χ1) is 10.4. The Morgan fingerprint density at radius 1 is 1.36 bits per heavy atom. The second kappa shape index (κ2) is 6.33. The van der Waals surface area contributed by atoms with Crippen LogP contribution in [-0.4, -0.2) is 23.6 Å². The van der Waals surface area contributed by atoms with E-state index in [1.165, 1.54) is 6.92 Å². The van der Waals surface area contributed by atoms with E-state index >= 15 is 0 Å². The molecule has 0 bridgehead atoms. The molecule has 0 saturated heterocycles. The van der Waals surface area contributed by atoms with Crippen LogP contribution in [0.2, 0.25) is 0 Å². The first kappa shape index (κ1) is 15.6. The van der Waals surface area contributed by atoms with Gasteiger partial charge in [0, 0.05) is 6.07 Å². The molecule has 1 amide bonds. The number of carbonyl (C=O) groups is 2. The molecule has 116 valence electrons. The van der Waals surface area contributed by atoms with Crippen molar-refractivity contribution in [2.24, 2.45) is 0 Å². The molecular formula is C14H12F2N2O4. The molecule has 0 atom stereocenters. The Labute approximate surface area is 124 Å². The van der Waals surface area contributed by atoms with Gasteiger partial charge in [0.15, 0.2) is 0 Å². The Morgan fingerprint density at radius 3 is 2.73 bits per heavy atom. The molecule has 6 nitrogen and oxygen atoms in total. The summed E-state index contributed by atoms with van der Waals surface area (Å²) in [5.74, 6) is -3.73. The van der Waals surface area contributed by atoms with Crippen LogP contribution >= 0.6 is 0 Å². The second-order valence-electron chi connectivity index (χ2n) is 4.27. The minimum Gasteiger partial charge on any atom is -0.462 e. The van der Waals surface area contributed by atoms with E-state index in [0.717, 1.165) is 12.1 Å². The maximum absolute atomic E-state index is 13.5. The Morgan fingerprint density at radius 2 is 2.09 bits per heavy atom. The van der Waals surface area contributed by atoms with Gasteiger partial charge < -0.3 is 9.26 Å². The van der Waals surface area contributed by atoms with Crippen molar-refractivity contribution in [2.45, 2.75) is 13.8 Å². The van der Waals surface area contributed by atoms with E-state index in [4.69, 9.17) is 9.26 Å². The smallest absolute Gasteiger partial charge is 0.345 e. The van der Waals surface area contributed by atoms with Crippen LogP contribution in [-0.2, 0) is 4.74 Å². The van der Waals surface area contributed by atoms with Crippen LogP contribution in [0, 0.1) is 18.6 Å². The third-order valence-electron chi connectivity index (χ3n) is 2.75. The van der Waals surface area contributed by atoms with E-state index in [1.54, 1.807) is 6.92 Å². The molecule has 0 saturated carbocycles. The molecule has 8 heteroatoms. The van der Waals surface area contributed by atoms with Crippen molar-refractivity contribution >= 4 is 17.8 Å². The number of hydrogen-bond acceptors (Lipinski definition) is 5. The summed E-state index contributed by atoms with van der Waals surface area (Å²) in [6.45, 7) is 3.24. The molecule has 0 fully saturated rings. The number of benzene rings is 1. The third-order valence-corrected chi connectivity index (χ3v) is 2.75. The van der Waals surface area contributed by atoms with Crippen molar-refractivity contribution in [1.82, 2.24) is 5.16 Å². The van der Waals surface area contributed by atoms with Crippen LogP contribution in [0.15, 0.2) is 22.7 Å². The molecule has 0 aliphatic rings. The summed E-state index contributed by atoms with van der Waals surface area (Å²) in [5, 5.41) is 5.77. The highest BCUT2D eigenvalue weighted by Gasteiger charge is 2.24. The molecule has 0 aliphatic carbocycles. The van der Waals surface area contributed by atoms with E-state index in [1.807, 2.05) is 0 Å². The minimum absolute atomic E-state index is 0.0577. The number of aromatic nitrogens is 1. The Kier molecular flexibility index (Phi) is 4.50. The molecule has 0 aliphatic heterocycles. The fourth-order valence-electron chi connectivity index (χ4n) is 1.74. The highest BCUT2D eigenvalue weighted by atomic mass is 19.1. The van der Waals surface area contributed by atoms with E-state index in [2.05, 4.69) is 10.5 Å². The van der Waals surface area contributed by atoms with E-state index in [0.29, 0.717) is 6.07 Å². The Hall–Kier alpha value is -2.77. The molecule has 2 rings (SSSR count). The second-order valence-corrected chi connectivity index (χ2v) is 4.27. The van der Waals surface area contributed by atoms with Crippen LogP contribution in [0.4, 0.5) is 14.7 Å². The average Bonchev–Trinajstić information content (AvgIpc) is 2.79. The van der Waals surface area contributed by atoms with Gasteiger partial charge in [0.2, 0.25) is 5.88 Å². The van der Waals surface area contributed by atoms with Crippen molar-refractivity contribution in [3.8, 4) is 0 Å². The van der Waals surface area contributed by atoms with Crippen molar-refractivity contribution in [2.75, 3.05) is 11.9 Å². The van der Waals surface area contributed by atoms with Gasteiger partial charge in [-0.1, -0.05) is 5.16 Å². The zero-order valence-corrected chi connectivity index (χ0v) is 11.8. The van der Waals surface area contributed by atoms with Gasteiger partial charge in [0.1, 0.15) is 17.2 Å². The van der Waals surface area contributed by atoms with Crippen LogP contribution < -0.4 is 5.32 Å². The molecule has 0 radical (unpaired) electrons. The monoisotopic (exact) mass is 310 g/mol. The third kappa shape index (κ3) is 3.11. The normalized spacial score (nSPS) is 10.4. The predicted octanol–water partition coefficient (Wildman–Crippen LogP) is 2.69. The van der Waals surface area contributed by atoms with Gasteiger partial charge in [0.05, 0.1) is 17.9 Å². The zero-order valence-electron chi connectivity index (χ0n) is 11.8. The summed E-state index contributed by atoms with van der Waals surface area (Å²) in [6.07, 6.45) is 0. The lowest BCUT2D eigenvalue weighted by Gasteiger charge is -2.05. The Balaban J connectivity index is 2.27. The maximum Gasteiger partial charge on any atom is 0.345 e. The first-order valence-corrected chi connectivity index (χ1v) is 6.33. The summed E-state index contributed by atoms with van der Waals surface area (Å²) in [7, 11) is 0. The van der Waals surface area contributed by atoms with Gasteiger partial charge in [-0.2, -0.15) is 0 Å². The number of halogens is 2. The van der Waals surface area contributed by atoms with Crippen LogP contribution in [0.5, 0.6) is 0 Å². The van der Waals surface area contributed by atoms with E-state index in [-0.39, 0.29) is 23.7 Å². The van der Waals surface area contributed by atoms with Gasteiger partial charge in [0.25, 0.3) is 5.91 Å². The number of anilines is 1. The molecular weight excluding hydrogens is 298 g/mol. The van der Waals surface area contributed by atoms with E-state index < -0.39 is 29.1 Å². The quantitative estimate of drug-likeness (QED) is 0.878. The largest absolute Gasteiger partial charge is 0.462 e. The van der Waals surface area contributed by atoms with Gasteiger partial charge in [-0.25, -0.2) is 13.6 Å². The zero-order chi connectivity index (χ0) is 16.3. The van der Waals surface area contributed by atoms with Gasteiger partial charge in [-0.15, -0.1) is 0 Å². The van der Waals surface area contributed by atoms with Crippen molar-refractivity contribution < 1.29 is 27.6 Å².